The van der Waals surface area contributed by atoms with Crippen LogP contribution in [0.3, 0.4) is 0 Å². The molecule has 2 aliphatic rings. The van der Waals surface area contributed by atoms with Gasteiger partial charge < -0.3 is 14.8 Å². The summed E-state index contributed by atoms with van der Waals surface area (Å²) in [6.07, 6.45) is 3.04. The number of nitrogens with one attached hydrogen (secondary N) is 1. The smallest absolute Gasteiger partial charge is 0.165 e. The summed E-state index contributed by atoms with van der Waals surface area (Å²) in [6, 6.07) is 12.2. The van der Waals surface area contributed by atoms with E-state index >= 15 is 0 Å². The molecule has 0 radical (unpaired) electrons. The Kier molecular flexibility index (Phi) is 4.51. The molecule has 0 bridgehead atoms. The summed E-state index contributed by atoms with van der Waals surface area (Å²) in [4.78, 5) is 6.82. The maximum absolute atomic E-state index is 5.82. The molecule has 0 spiro atoms. The fourth-order valence-electron chi connectivity index (χ4n) is 3.44. The molecule has 1 N–H and O–H groups in total. The van der Waals surface area contributed by atoms with Gasteiger partial charge in [-0.25, -0.2) is 4.98 Å². The fourth-order valence-corrected chi connectivity index (χ4v) is 3.44. The summed E-state index contributed by atoms with van der Waals surface area (Å²) < 4.78 is 11.5. The van der Waals surface area contributed by atoms with Crippen LogP contribution in [-0.2, 0) is 6.54 Å². The van der Waals surface area contributed by atoms with Gasteiger partial charge in [0.05, 0.1) is 0 Å². The van der Waals surface area contributed by atoms with Crippen LogP contribution < -0.4 is 14.8 Å². The van der Waals surface area contributed by atoms with Gasteiger partial charge in [0.25, 0.3) is 0 Å². The molecule has 24 heavy (non-hydrogen) atoms. The zero-order valence-corrected chi connectivity index (χ0v) is 13.8. The van der Waals surface area contributed by atoms with Gasteiger partial charge in [-0.3, -0.25) is 4.90 Å². The first-order valence-electron chi connectivity index (χ1n) is 8.63. The lowest BCUT2D eigenvalue weighted by Crippen LogP contribution is -2.24. The molecule has 5 nitrogen and oxygen atoms in total. The number of pyridine rings is 1. The molecule has 3 heterocycles. The molecule has 1 fully saturated rings. The third-order valence-corrected chi connectivity index (χ3v) is 4.65. The standard InChI is InChI=1S/C19H23N3O2/c1-2-8-20-18(6-1)21-12-15-7-9-22(13-15)14-16-4-3-5-17-19(16)24-11-10-23-17/h1-6,8,15H,7,9-14H2,(H,20,21)/t15-/m1/s1. The highest BCUT2D eigenvalue weighted by Crippen LogP contribution is 2.35. The van der Waals surface area contributed by atoms with Gasteiger partial charge in [0.1, 0.15) is 19.0 Å². The number of nitrogens with zero attached hydrogens (tertiary/aromatic N) is 2. The summed E-state index contributed by atoms with van der Waals surface area (Å²) in [5, 5.41) is 3.44. The van der Waals surface area contributed by atoms with E-state index in [1.807, 2.05) is 30.5 Å². The van der Waals surface area contributed by atoms with Crippen molar-refractivity contribution in [2.45, 2.75) is 13.0 Å². The molecule has 4 rings (SSSR count). The summed E-state index contributed by atoms with van der Waals surface area (Å²) in [5.74, 6) is 3.42. The van der Waals surface area contributed by atoms with Gasteiger partial charge in [-0.15, -0.1) is 0 Å². The van der Waals surface area contributed by atoms with Crippen molar-refractivity contribution in [2.24, 2.45) is 5.92 Å². The number of fused-ring (bicyclic) bond motifs is 1. The number of hydrogen-bond acceptors (Lipinski definition) is 5. The Labute approximate surface area is 142 Å². The molecule has 0 amide bonds. The second-order valence-corrected chi connectivity index (χ2v) is 6.43. The lowest BCUT2D eigenvalue weighted by molar-refractivity contribution is 0.167. The van der Waals surface area contributed by atoms with Crippen molar-refractivity contribution in [3.63, 3.8) is 0 Å². The normalized spacial score (nSPS) is 20.1. The average Bonchev–Trinajstić information content (AvgIpc) is 3.09. The quantitative estimate of drug-likeness (QED) is 0.916. The molecule has 1 atom stereocenters. The van der Waals surface area contributed by atoms with E-state index in [1.165, 1.54) is 12.0 Å². The maximum atomic E-state index is 5.82. The SMILES string of the molecule is c1ccc(NC[C@H]2CCN(Cc3cccc4c3OCCO4)C2)nc1. The Balaban J connectivity index is 1.33. The van der Waals surface area contributed by atoms with Crippen molar-refractivity contribution in [1.29, 1.82) is 0 Å². The predicted octanol–water partition coefficient (Wildman–Crippen LogP) is 2.79. The van der Waals surface area contributed by atoms with Gasteiger partial charge in [-0.05, 0) is 37.1 Å². The molecule has 2 aromatic rings. The van der Waals surface area contributed by atoms with Crippen LogP contribution in [0.25, 0.3) is 0 Å². The molecular weight excluding hydrogens is 302 g/mol. The number of hydrogen-bond donors (Lipinski definition) is 1. The lowest BCUT2D eigenvalue weighted by atomic mass is 10.1. The molecule has 2 aliphatic heterocycles. The molecule has 126 valence electrons. The number of benzene rings is 1. The van der Waals surface area contributed by atoms with E-state index in [2.05, 4.69) is 27.3 Å². The molecule has 0 unspecified atom stereocenters. The lowest BCUT2D eigenvalue weighted by Gasteiger charge is -2.23. The summed E-state index contributed by atoms with van der Waals surface area (Å²) in [7, 11) is 0. The van der Waals surface area contributed by atoms with Crippen LogP contribution in [-0.4, -0.2) is 42.7 Å². The van der Waals surface area contributed by atoms with E-state index in [0.29, 0.717) is 19.1 Å². The molecule has 5 heteroatoms. The highest BCUT2D eigenvalue weighted by atomic mass is 16.6. The number of likely N-dealkylation sites (tertiary alicyclic amines) is 1. The minimum absolute atomic E-state index is 0.640. The van der Waals surface area contributed by atoms with E-state index in [1.54, 1.807) is 0 Å². The van der Waals surface area contributed by atoms with Crippen LogP contribution in [0.4, 0.5) is 5.82 Å². The predicted molar refractivity (Wildman–Crippen MR) is 93.5 cm³/mol. The Morgan fingerprint density at radius 3 is 3.00 bits per heavy atom. The maximum Gasteiger partial charge on any atom is 0.165 e. The van der Waals surface area contributed by atoms with Crippen molar-refractivity contribution in [3.8, 4) is 11.5 Å². The van der Waals surface area contributed by atoms with Gasteiger partial charge in [0.15, 0.2) is 11.5 Å². The topological polar surface area (TPSA) is 46.6 Å². The van der Waals surface area contributed by atoms with Crippen LogP contribution in [0, 0.1) is 5.92 Å². The molecule has 0 aliphatic carbocycles. The van der Waals surface area contributed by atoms with Crippen LogP contribution in [0.5, 0.6) is 11.5 Å². The third kappa shape index (κ3) is 3.46. The fraction of sp³-hybridized carbons (Fsp3) is 0.421. The highest BCUT2D eigenvalue weighted by Gasteiger charge is 2.24. The summed E-state index contributed by atoms with van der Waals surface area (Å²) in [6.45, 7) is 5.40. The highest BCUT2D eigenvalue weighted by molar-refractivity contribution is 5.47. The Bertz CT molecular complexity index is 678. The second kappa shape index (κ2) is 7.09. The largest absolute Gasteiger partial charge is 0.486 e. The average molecular weight is 325 g/mol. The van der Waals surface area contributed by atoms with Gasteiger partial charge >= 0.3 is 0 Å². The first kappa shape index (κ1) is 15.3. The van der Waals surface area contributed by atoms with Crippen molar-refractivity contribution in [2.75, 3.05) is 38.2 Å². The van der Waals surface area contributed by atoms with E-state index < -0.39 is 0 Å². The van der Waals surface area contributed by atoms with Gasteiger partial charge in [0.2, 0.25) is 0 Å². The number of para-hydroxylation sites is 1. The van der Waals surface area contributed by atoms with Gasteiger partial charge in [0, 0.05) is 31.4 Å². The van der Waals surface area contributed by atoms with E-state index in [4.69, 9.17) is 9.47 Å². The van der Waals surface area contributed by atoms with Gasteiger partial charge in [-0.1, -0.05) is 18.2 Å². The zero-order chi connectivity index (χ0) is 16.2. The Hall–Kier alpha value is -2.27. The summed E-state index contributed by atoms with van der Waals surface area (Å²) >= 11 is 0. The number of aromatic nitrogens is 1. The van der Waals surface area contributed by atoms with Crippen molar-refractivity contribution >= 4 is 5.82 Å². The minimum atomic E-state index is 0.640. The van der Waals surface area contributed by atoms with E-state index in [0.717, 1.165) is 43.5 Å². The van der Waals surface area contributed by atoms with Crippen molar-refractivity contribution in [1.82, 2.24) is 9.88 Å². The van der Waals surface area contributed by atoms with Crippen molar-refractivity contribution < 1.29 is 9.47 Å². The Morgan fingerprint density at radius 1 is 1.12 bits per heavy atom. The minimum Gasteiger partial charge on any atom is -0.486 e. The van der Waals surface area contributed by atoms with Crippen molar-refractivity contribution in [3.05, 3.63) is 48.2 Å². The van der Waals surface area contributed by atoms with Crippen LogP contribution in [0.1, 0.15) is 12.0 Å². The van der Waals surface area contributed by atoms with Crippen LogP contribution in [0.2, 0.25) is 0 Å². The Morgan fingerprint density at radius 2 is 2.08 bits per heavy atom. The van der Waals surface area contributed by atoms with E-state index in [-0.39, 0.29) is 0 Å². The number of rotatable bonds is 5. The van der Waals surface area contributed by atoms with Crippen LogP contribution in [0.15, 0.2) is 42.6 Å². The second-order valence-electron chi connectivity index (χ2n) is 6.43. The molecule has 0 saturated carbocycles. The monoisotopic (exact) mass is 325 g/mol. The zero-order valence-electron chi connectivity index (χ0n) is 13.8. The number of anilines is 1. The summed E-state index contributed by atoms with van der Waals surface area (Å²) in [5.41, 5.74) is 1.23. The molecular formula is C19H23N3O2. The first-order chi connectivity index (χ1) is 11.9. The molecule has 1 aromatic carbocycles. The number of ether oxygens (including phenoxy) is 2. The molecule has 1 saturated heterocycles. The van der Waals surface area contributed by atoms with Crippen LogP contribution >= 0.6 is 0 Å². The van der Waals surface area contributed by atoms with E-state index in [9.17, 15) is 0 Å². The molecule has 1 aromatic heterocycles. The third-order valence-electron chi connectivity index (χ3n) is 4.65. The first-order valence-corrected chi connectivity index (χ1v) is 8.63. The van der Waals surface area contributed by atoms with Gasteiger partial charge in [-0.2, -0.15) is 0 Å².